The first-order chi connectivity index (χ1) is 17.5. The molecule has 0 saturated carbocycles. The molecule has 7 nitrogen and oxygen atoms in total. The predicted molar refractivity (Wildman–Crippen MR) is 137 cm³/mol. The molecule has 0 radical (unpaired) electrons. The van der Waals surface area contributed by atoms with E-state index in [9.17, 15) is 14.4 Å². The second-order valence-corrected chi connectivity index (χ2v) is 8.97. The second kappa shape index (κ2) is 8.62. The number of benzene rings is 4. The number of nitrogens with one attached hydrogen (secondary N) is 1. The Morgan fingerprint density at radius 2 is 1.50 bits per heavy atom. The lowest BCUT2D eigenvalue weighted by atomic mass is 9.90. The Bertz CT molecular complexity index is 1480. The highest BCUT2D eigenvalue weighted by molar-refractivity contribution is 6.26. The van der Waals surface area contributed by atoms with Crippen LogP contribution in [0.4, 0.5) is 17.1 Å². The molecule has 2 heterocycles. The molecule has 4 aromatic rings. The van der Waals surface area contributed by atoms with E-state index in [1.165, 1.54) is 11.8 Å². The highest BCUT2D eigenvalue weighted by Gasteiger charge is 2.60. The van der Waals surface area contributed by atoms with Gasteiger partial charge >= 0.3 is 0 Å². The molecule has 3 atom stereocenters. The monoisotopic (exact) mass is 477 g/mol. The third-order valence-electron chi connectivity index (χ3n) is 6.71. The van der Waals surface area contributed by atoms with E-state index in [0.29, 0.717) is 11.4 Å². The molecule has 36 heavy (non-hydrogen) atoms. The summed E-state index contributed by atoms with van der Waals surface area (Å²) in [5.41, 5.74) is 2.77. The van der Waals surface area contributed by atoms with Gasteiger partial charge in [-0.1, -0.05) is 66.7 Å². The van der Waals surface area contributed by atoms with E-state index in [1.807, 2.05) is 78.9 Å². The molecule has 0 spiro atoms. The maximum absolute atomic E-state index is 14.0. The van der Waals surface area contributed by atoms with Crippen LogP contribution in [0.2, 0.25) is 0 Å². The van der Waals surface area contributed by atoms with Crippen molar-refractivity contribution in [2.24, 2.45) is 5.92 Å². The molecule has 6 rings (SSSR count). The van der Waals surface area contributed by atoms with Gasteiger partial charge in [0.05, 0.1) is 17.4 Å². The third kappa shape index (κ3) is 3.52. The lowest BCUT2D eigenvalue weighted by Gasteiger charge is -2.29. The number of carbonyl (C=O) groups excluding carboxylic acids is 3. The molecule has 0 aromatic heterocycles. The number of carbonyl (C=O) groups is 3. The van der Waals surface area contributed by atoms with Crippen molar-refractivity contribution in [2.75, 3.05) is 15.3 Å². The maximum Gasteiger partial charge on any atom is 0.266 e. The van der Waals surface area contributed by atoms with Crippen molar-refractivity contribution in [3.8, 4) is 0 Å². The Hall–Kier alpha value is -4.49. The Morgan fingerprint density at radius 3 is 2.25 bits per heavy atom. The molecule has 3 amide bonds. The fraction of sp³-hybridized carbons (Fsp3) is 0.138. The van der Waals surface area contributed by atoms with Gasteiger partial charge in [-0.25, -0.2) is 9.96 Å². The van der Waals surface area contributed by atoms with Crippen LogP contribution in [0.1, 0.15) is 18.5 Å². The van der Waals surface area contributed by atoms with Crippen molar-refractivity contribution in [3.63, 3.8) is 0 Å². The van der Waals surface area contributed by atoms with Crippen molar-refractivity contribution in [3.05, 3.63) is 103 Å². The van der Waals surface area contributed by atoms with Crippen molar-refractivity contribution in [1.82, 2.24) is 0 Å². The summed E-state index contributed by atoms with van der Waals surface area (Å²) >= 11 is 0. The summed E-state index contributed by atoms with van der Waals surface area (Å²) in [5.74, 6) is -1.57. The van der Waals surface area contributed by atoms with E-state index in [-0.39, 0.29) is 17.7 Å². The van der Waals surface area contributed by atoms with Crippen LogP contribution >= 0.6 is 0 Å². The summed E-state index contributed by atoms with van der Waals surface area (Å²) in [6, 6.07) is 29.5. The Balaban J connectivity index is 1.43. The van der Waals surface area contributed by atoms with E-state index < -0.39 is 18.1 Å². The van der Waals surface area contributed by atoms with Crippen LogP contribution in [0.25, 0.3) is 10.8 Å². The minimum atomic E-state index is -0.948. The smallest absolute Gasteiger partial charge is 0.266 e. The molecule has 2 aliphatic rings. The SMILES string of the molecule is CC(=O)Nc1ccc(C2C3C(=O)N(c4cccc5ccccc45)C(=O)C3ON2c2ccccc2)cc1. The molecule has 0 aliphatic carbocycles. The summed E-state index contributed by atoms with van der Waals surface area (Å²) in [6.07, 6.45) is -0.948. The first-order valence-corrected chi connectivity index (χ1v) is 11.8. The summed E-state index contributed by atoms with van der Waals surface area (Å²) in [6.45, 7) is 1.45. The summed E-state index contributed by atoms with van der Waals surface area (Å²) in [5, 5.41) is 6.21. The number of hydrogen-bond acceptors (Lipinski definition) is 5. The lowest BCUT2D eigenvalue weighted by molar-refractivity contribution is -0.126. The van der Waals surface area contributed by atoms with Crippen LogP contribution in [0, 0.1) is 5.92 Å². The molecule has 7 heteroatoms. The minimum absolute atomic E-state index is 0.166. The van der Waals surface area contributed by atoms with Crippen LogP contribution < -0.4 is 15.3 Å². The molecule has 0 bridgehead atoms. The van der Waals surface area contributed by atoms with E-state index in [1.54, 1.807) is 23.3 Å². The van der Waals surface area contributed by atoms with Gasteiger partial charge in [0.2, 0.25) is 11.8 Å². The van der Waals surface area contributed by atoms with Crippen LogP contribution in [0.15, 0.2) is 97.1 Å². The largest absolute Gasteiger partial charge is 0.326 e. The van der Waals surface area contributed by atoms with Crippen LogP contribution in [-0.4, -0.2) is 23.8 Å². The Kier molecular flexibility index (Phi) is 5.27. The number of anilines is 3. The van der Waals surface area contributed by atoms with E-state index in [0.717, 1.165) is 22.0 Å². The van der Waals surface area contributed by atoms with Gasteiger partial charge in [0.1, 0.15) is 5.92 Å². The molecule has 178 valence electrons. The molecular formula is C29H23N3O4. The van der Waals surface area contributed by atoms with Crippen molar-refractivity contribution < 1.29 is 19.2 Å². The van der Waals surface area contributed by atoms with E-state index in [4.69, 9.17) is 4.84 Å². The van der Waals surface area contributed by atoms with Crippen LogP contribution in [0.5, 0.6) is 0 Å². The second-order valence-electron chi connectivity index (χ2n) is 8.97. The van der Waals surface area contributed by atoms with Gasteiger partial charge < -0.3 is 5.32 Å². The number of hydroxylamine groups is 1. The molecule has 2 fully saturated rings. The third-order valence-corrected chi connectivity index (χ3v) is 6.71. The van der Waals surface area contributed by atoms with Gasteiger partial charge in [-0.3, -0.25) is 19.2 Å². The fourth-order valence-electron chi connectivity index (χ4n) is 5.16. The number of fused-ring (bicyclic) bond motifs is 2. The number of nitrogens with zero attached hydrogens (tertiary/aromatic N) is 2. The van der Waals surface area contributed by atoms with E-state index in [2.05, 4.69) is 5.32 Å². The number of amides is 3. The van der Waals surface area contributed by atoms with Gasteiger partial charge in [0.25, 0.3) is 5.91 Å². The highest BCUT2D eigenvalue weighted by atomic mass is 16.7. The molecule has 2 saturated heterocycles. The maximum atomic E-state index is 14.0. The first kappa shape index (κ1) is 22.0. The topological polar surface area (TPSA) is 79.0 Å². The number of hydrogen-bond donors (Lipinski definition) is 1. The van der Waals surface area contributed by atoms with Gasteiger partial charge in [-0.2, -0.15) is 0 Å². The average molecular weight is 478 g/mol. The van der Waals surface area contributed by atoms with Gasteiger partial charge in [-0.05, 0) is 41.3 Å². The molecule has 1 N–H and O–H groups in total. The molecule has 3 unspecified atom stereocenters. The molecular weight excluding hydrogens is 454 g/mol. The summed E-state index contributed by atoms with van der Waals surface area (Å²) in [7, 11) is 0. The summed E-state index contributed by atoms with van der Waals surface area (Å²) < 4.78 is 0. The normalized spacial score (nSPS) is 21.2. The highest BCUT2D eigenvalue weighted by Crippen LogP contribution is 2.48. The average Bonchev–Trinajstić information content (AvgIpc) is 3.40. The van der Waals surface area contributed by atoms with Crippen LogP contribution in [0.3, 0.4) is 0 Å². The molecule has 4 aromatic carbocycles. The van der Waals surface area contributed by atoms with Crippen molar-refractivity contribution >= 4 is 45.6 Å². The zero-order valence-corrected chi connectivity index (χ0v) is 19.5. The predicted octanol–water partition coefficient (Wildman–Crippen LogP) is 4.85. The quantitative estimate of drug-likeness (QED) is 0.425. The fourth-order valence-corrected chi connectivity index (χ4v) is 5.16. The van der Waals surface area contributed by atoms with Gasteiger partial charge in [0, 0.05) is 18.0 Å². The van der Waals surface area contributed by atoms with Gasteiger partial charge in [-0.15, -0.1) is 0 Å². The standard InChI is InChI=1S/C29H23N3O4/c1-18(33)30-21-16-14-20(15-17-21)26-25-27(36-32(26)22-10-3-2-4-11-22)29(35)31(28(25)34)24-13-7-9-19-8-5-6-12-23(19)24/h2-17,25-27H,1H3,(H,30,33). The zero-order chi connectivity index (χ0) is 24.8. The minimum Gasteiger partial charge on any atom is -0.326 e. The number of rotatable bonds is 4. The number of para-hydroxylation sites is 1. The first-order valence-electron chi connectivity index (χ1n) is 11.8. The lowest BCUT2D eigenvalue weighted by Crippen LogP contribution is -2.37. The van der Waals surface area contributed by atoms with Crippen molar-refractivity contribution in [2.45, 2.75) is 19.1 Å². The number of imide groups is 1. The van der Waals surface area contributed by atoms with Crippen molar-refractivity contribution in [1.29, 1.82) is 0 Å². The molecule has 2 aliphatic heterocycles. The van der Waals surface area contributed by atoms with Gasteiger partial charge in [0.15, 0.2) is 6.10 Å². The van der Waals surface area contributed by atoms with E-state index >= 15 is 0 Å². The Labute approximate surface area is 207 Å². The van der Waals surface area contributed by atoms with Crippen LogP contribution in [-0.2, 0) is 19.2 Å². The zero-order valence-electron chi connectivity index (χ0n) is 19.5. The summed E-state index contributed by atoms with van der Waals surface area (Å²) in [4.78, 5) is 46.6. The Morgan fingerprint density at radius 1 is 0.806 bits per heavy atom.